The van der Waals surface area contributed by atoms with Crippen LogP contribution in [-0.2, 0) is 0 Å². The van der Waals surface area contributed by atoms with Gasteiger partial charge in [0, 0.05) is 5.57 Å². The van der Waals surface area contributed by atoms with Gasteiger partial charge in [-0.2, -0.15) is 0 Å². The number of hydrogen-bond acceptors (Lipinski definition) is 2. The third kappa shape index (κ3) is 1.51. The monoisotopic (exact) mass is 148 g/mol. The van der Waals surface area contributed by atoms with Crippen LogP contribution in [0.4, 0.5) is 0 Å². The van der Waals surface area contributed by atoms with Crippen LogP contribution in [0.1, 0.15) is 5.76 Å². The lowest BCUT2D eigenvalue weighted by Crippen LogP contribution is -2.03. The summed E-state index contributed by atoms with van der Waals surface area (Å²) in [6, 6.07) is 3.41. The Bertz CT molecular complexity index is 277. The second kappa shape index (κ2) is 3.09. The van der Waals surface area contributed by atoms with Crippen molar-refractivity contribution in [3.8, 4) is 12.3 Å². The van der Waals surface area contributed by atoms with Gasteiger partial charge in [0.05, 0.1) is 6.26 Å². The minimum absolute atomic E-state index is 0.414. The minimum atomic E-state index is -0.957. The Hall–Kier alpha value is -1.46. The highest BCUT2D eigenvalue weighted by molar-refractivity contribution is 5.65. The summed E-state index contributed by atoms with van der Waals surface area (Å²) in [5, 5.41) is 9.10. The Kier molecular flexibility index (Phi) is 2.15. The zero-order valence-corrected chi connectivity index (χ0v) is 5.95. The third-order valence-electron chi connectivity index (χ3n) is 1.33. The fourth-order valence-electron chi connectivity index (χ4n) is 0.697. The molecule has 0 aromatic carbocycles. The van der Waals surface area contributed by atoms with Gasteiger partial charge in [0.25, 0.3) is 0 Å². The normalized spacial score (nSPS) is 12.0. The van der Waals surface area contributed by atoms with E-state index in [0.29, 0.717) is 11.3 Å². The lowest BCUT2D eigenvalue weighted by molar-refractivity contribution is 0.286. The largest absolute Gasteiger partial charge is 0.465 e. The number of furan rings is 1. The number of hydrogen-bond donors (Lipinski definition) is 1. The number of rotatable bonds is 2. The van der Waals surface area contributed by atoms with E-state index in [9.17, 15) is 0 Å². The van der Waals surface area contributed by atoms with E-state index in [1.54, 1.807) is 12.1 Å². The topological polar surface area (TPSA) is 33.4 Å². The average Bonchev–Trinajstić information content (AvgIpc) is 2.53. The molecular formula is C9H8O2. The van der Waals surface area contributed by atoms with Gasteiger partial charge >= 0.3 is 0 Å². The molecule has 1 heterocycles. The van der Waals surface area contributed by atoms with Crippen LogP contribution in [0.5, 0.6) is 0 Å². The van der Waals surface area contributed by atoms with Crippen LogP contribution < -0.4 is 0 Å². The third-order valence-corrected chi connectivity index (χ3v) is 1.33. The first-order valence-electron chi connectivity index (χ1n) is 3.12. The van der Waals surface area contributed by atoms with E-state index >= 15 is 0 Å². The molecule has 1 unspecified atom stereocenters. The Morgan fingerprint density at radius 2 is 2.55 bits per heavy atom. The number of aliphatic hydroxyl groups excluding tert-OH is 1. The molecule has 0 radical (unpaired) electrons. The molecule has 1 aromatic rings. The maximum atomic E-state index is 9.10. The lowest BCUT2D eigenvalue weighted by atomic mass is 10.1. The van der Waals surface area contributed by atoms with Gasteiger partial charge in [-0.25, -0.2) is 0 Å². The van der Waals surface area contributed by atoms with E-state index in [1.165, 1.54) is 6.26 Å². The van der Waals surface area contributed by atoms with E-state index < -0.39 is 6.10 Å². The van der Waals surface area contributed by atoms with E-state index in [0.717, 1.165) is 0 Å². The van der Waals surface area contributed by atoms with Gasteiger partial charge in [-0.15, -0.1) is 6.42 Å². The molecular weight excluding hydrogens is 140 g/mol. The van der Waals surface area contributed by atoms with Crippen molar-refractivity contribution in [2.75, 3.05) is 0 Å². The highest BCUT2D eigenvalue weighted by Gasteiger charge is 2.08. The predicted octanol–water partition coefficient (Wildman–Crippen LogP) is 1.29. The molecule has 56 valence electrons. The molecule has 1 N–H and O–H groups in total. The molecule has 0 spiro atoms. The van der Waals surface area contributed by atoms with Crippen LogP contribution in [0.15, 0.2) is 29.4 Å². The zero-order chi connectivity index (χ0) is 8.27. The molecule has 2 nitrogen and oxygen atoms in total. The molecule has 0 bridgehead atoms. The van der Waals surface area contributed by atoms with E-state index in [1.807, 2.05) is 0 Å². The highest BCUT2D eigenvalue weighted by atomic mass is 16.3. The first kappa shape index (κ1) is 7.64. The van der Waals surface area contributed by atoms with Crippen molar-refractivity contribution >= 4 is 5.57 Å². The van der Waals surface area contributed by atoms with Crippen LogP contribution in [0.3, 0.4) is 0 Å². The molecule has 1 aromatic heterocycles. The van der Waals surface area contributed by atoms with Crippen molar-refractivity contribution in [2.24, 2.45) is 0 Å². The fourth-order valence-corrected chi connectivity index (χ4v) is 0.697. The second-order valence-corrected chi connectivity index (χ2v) is 2.07. The van der Waals surface area contributed by atoms with Gasteiger partial charge in [0.15, 0.2) is 0 Å². The summed E-state index contributed by atoms with van der Waals surface area (Å²) in [5.74, 6) is 2.67. The Morgan fingerprint density at radius 1 is 1.82 bits per heavy atom. The van der Waals surface area contributed by atoms with E-state index in [4.69, 9.17) is 15.9 Å². The van der Waals surface area contributed by atoms with Crippen molar-refractivity contribution in [2.45, 2.75) is 6.10 Å². The van der Waals surface area contributed by atoms with Crippen molar-refractivity contribution in [3.63, 3.8) is 0 Å². The molecule has 0 aliphatic rings. The number of terminal acetylenes is 1. The summed E-state index contributed by atoms with van der Waals surface area (Å²) in [5.41, 5.74) is 0.414. The van der Waals surface area contributed by atoms with Gasteiger partial charge < -0.3 is 9.52 Å². The molecule has 2 heteroatoms. The Balaban J connectivity index is 2.81. The first-order valence-corrected chi connectivity index (χ1v) is 3.12. The SMILES string of the molecule is C#CC(O)C(=C)c1ccco1. The van der Waals surface area contributed by atoms with Crippen molar-refractivity contribution in [1.29, 1.82) is 0 Å². The molecule has 0 amide bonds. The second-order valence-electron chi connectivity index (χ2n) is 2.07. The average molecular weight is 148 g/mol. The maximum absolute atomic E-state index is 9.10. The van der Waals surface area contributed by atoms with Crippen molar-refractivity contribution in [1.82, 2.24) is 0 Å². The molecule has 1 atom stereocenters. The standard InChI is InChI=1S/C9H8O2/c1-3-8(10)7(2)9-5-4-6-11-9/h1,4-6,8,10H,2H2. The minimum Gasteiger partial charge on any atom is -0.465 e. The lowest BCUT2D eigenvalue weighted by Gasteiger charge is -2.02. The fraction of sp³-hybridized carbons (Fsp3) is 0.111. The molecule has 1 rings (SSSR count). The summed E-state index contributed by atoms with van der Waals surface area (Å²) in [4.78, 5) is 0. The van der Waals surface area contributed by atoms with Gasteiger partial charge in [0.2, 0.25) is 0 Å². The summed E-state index contributed by atoms with van der Waals surface area (Å²) >= 11 is 0. The van der Waals surface area contributed by atoms with Crippen molar-refractivity contribution < 1.29 is 9.52 Å². The summed E-state index contributed by atoms with van der Waals surface area (Å²) in [7, 11) is 0. The molecule has 0 saturated carbocycles. The van der Waals surface area contributed by atoms with Gasteiger partial charge in [0.1, 0.15) is 11.9 Å². The summed E-state index contributed by atoms with van der Waals surface area (Å²) in [6.07, 6.45) is 5.52. The van der Waals surface area contributed by atoms with Crippen molar-refractivity contribution in [3.05, 3.63) is 30.7 Å². The van der Waals surface area contributed by atoms with E-state index in [2.05, 4.69) is 12.5 Å². The van der Waals surface area contributed by atoms with Gasteiger partial charge in [-0.05, 0) is 12.1 Å². The van der Waals surface area contributed by atoms with Gasteiger partial charge in [-0.1, -0.05) is 12.5 Å². The van der Waals surface area contributed by atoms with Gasteiger partial charge in [-0.3, -0.25) is 0 Å². The molecule has 0 fully saturated rings. The van der Waals surface area contributed by atoms with Crippen LogP contribution in [-0.4, -0.2) is 11.2 Å². The predicted molar refractivity (Wildman–Crippen MR) is 42.6 cm³/mol. The molecule has 0 aliphatic carbocycles. The summed E-state index contributed by atoms with van der Waals surface area (Å²) in [6.45, 7) is 3.58. The number of aliphatic hydroxyl groups is 1. The van der Waals surface area contributed by atoms with Crippen LogP contribution in [0.25, 0.3) is 5.57 Å². The van der Waals surface area contributed by atoms with Crippen LogP contribution in [0, 0.1) is 12.3 Å². The van der Waals surface area contributed by atoms with Crippen LogP contribution in [0.2, 0.25) is 0 Å². The highest BCUT2D eigenvalue weighted by Crippen LogP contribution is 2.15. The zero-order valence-electron chi connectivity index (χ0n) is 5.95. The Morgan fingerprint density at radius 3 is 3.00 bits per heavy atom. The smallest absolute Gasteiger partial charge is 0.142 e. The molecule has 0 aliphatic heterocycles. The molecule has 0 saturated heterocycles. The first-order chi connectivity index (χ1) is 5.25. The maximum Gasteiger partial charge on any atom is 0.142 e. The molecule has 11 heavy (non-hydrogen) atoms. The van der Waals surface area contributed by atoms with E-state index in [-0.39, 0.29) is 0 Å². The van der Waals surface area contributed by atoms with Crippen LogP contribution >= 0.6 is 0 Å². The Labute approximate surface area is 65.2 Å². The quantitative estimate of drug-likeness (QED) is 0.641. The summed E-state index contributed by atoms with van der Waals surface area (Å²) < 4.78 is 4.96.